The van der Waals surface area contributed by atoms with Crippen LogP contribution in [0, 0.1) is 11.6 Å². The highest BCUT2D eigenvalue weighted by Gasteiger charge is 2.36. The fraction of sp³-hybridized carbons (Fsp3) is 0.382. The average molecular weight is 774 g/mol. The Hall–Kier alpha value is -3.86. The molecule has 51 heavy (non-hydrogen) atoms. The highest BCUT2D eigenvalue weighted by atomic mass is 35.5. The summed E-state index contributed by atoms with van der Waals surface area (Å²) in [4.78, 5) is 42.6. The summed E-state index contributed by atoms with van der Waals surface area (Å²) in [5.74, 6) is -4.03. The van der Waals surface area contributed by atoms with E-state index in [0.29, 0.717) is 10.5 Å². The van der Waals surface area contributed by atoms with E-state index < -0.39 is 64.5 Å². The lowest BCUT2D eigenvalue weighted by Gasteiger charge is -2.33. The van der Waals surface area contributed by atoms with Crippen molar-refractivity contribution in [1.82, 2.24) is 19.8 Å². The summed E-state index contributed by atoms with van der Waals surface area (Å²) in [5, 5.41) is 12.8. The first-order chi connectivity index (χ1) is 24.2. The molecule has 0 aliphatic heterocycles. The highest BCUT2D eigenvalue weighted by Crippen LogP contribution is 2.25. The van der Waals surface area contributed by atoms with Crippen LogP contribution in [-0.4, -0.2) is 92.5 Å². The van der Waals surface area contributed by atoms with Crippen molar-refractivity contribution in [3.8, 4) is 0 Å². The number of nitrogens with zero attached hydrogens (tertiary/aromatic N) is 2. The summed E-state index contributed by atoms with van der Waals surface area (Å²) in [7, 11) is -4.43. The number of ether oxygens (including phenoxy) is 2. The number of carbonyl (C=O) groups excluding carboxylic acids is 2. The van der Waals surface area contributed by atoms with Gasteiger partial charge in [-0.05, 0) is 62.2 Å². The number of carboxylic acid groups (broad SMARTS) is 1. The average Bonchev–Trinajstić information content (AvgIpc) is 3.08. The van der Waals surface area contributed by atoms with Gasteiger partial charge in [0.1, 0.15) is 17.0 Å². The molecule has 3 N–H and O–H groups in total. The molecule has 12 nitrogen and oxygen atoms in total. The molecule has 0 fully saturated rings. The van der Waals surface area contributed by atoms with Crippen molar-refractivity contribution in [2.24, 2.45) is 0 Å². The van der Waals surface area contributed by atoms with E-state index in [1.807, 2.05) is 0 Å². The molecule has 0 aliphatic rings. The molecule has 0 spiro atoms. The molecule has 17 heteroatoms. The van der Waals surface area contributed by atoms with Crippen LogP contribution in [-0.2, 0) is 42.1 Å². The van der Waals surface area contributed by atoms with Gasteiger partial charge in [0.15, 0.2) is 17.9 Å². The number of rotatable bonds is 19. The summed E-state index contributed by atoms with van der Waals surface area (Å²) in [6, 6.07) is 11.7. The fourth-order valence-corrected chi connectivity index (χ4v) is 6.87. The minimum absolute atomic E-state index is 0.0541. The van der Waals surface area contributed by atoms with Gasteiger partial charge < -0.3 is 24.8 Å². The van der Waals surface area contributed by atoms with Gasteiger partial charge in [-0.3, -0.25) is 14.5 Å². The highest BCUT2D eigenvalue weighted by molar-refractivity contribution is 7.89. The molecular formula is C34H40Cl2F2N4O8S. The molecule has 3 rings (SSSR count). The van der Waals surface area contributed by atoms with Gasteiger partial charge in [-0.15, -0.1) is 0 Å². The minimum atomic E-state index is -4.43. The molecule has 0 bridgehead atoms. The molecule has 0 saturated carbocycles. The van der Waals surface area contributed by atoms with Crippen LogP contribution in [0.5, 0.6) is 0 Å². The summed E-state index contributed by atoms with van der Waals surface area (Å²) in [6.45, 7) is 4.66. The van der Waals surface area contributed by atoms with E-state index in [9.17, 15) is 36.7 Å². The molecule has 2 atom stereocenters. The Labute approximate surface area is 305 Å². The van der Waals surface area contributed by atoms with Gasteiger partial charge in [-0.25, -0.2) is 26.7 Å². The summed E-state index contributed by atoms with van der Waals surface area (Å²) >= 11 is 12.1. The van der Waals surface area contributed by atoms with Crippen LogP contribution in [0.2, 0.25) is 10.0 Å². The molecule has 0 heterocycles. The first kappa shape index (κ1) is 41.6. The maximum atomic E-state index is 14.2. The molecule has 3 aromatic carbocycles. The standard InChI is InChI=1S/C34H40Cl2F2N4O8S/c1-4-41(21-31(49-5-2)50-6-3)33(44)28(17-23-12-14-26(37)27(38)16-23)40-32(43)29(42(34(45)46)20-22-10-8-7-9-11-22)19-39-51(47,48)30-15-13-24(35)18-25(30)36/h7-16,18,28-29,31,39H,4-6,17,19-21H2,1-3H3,(H,40,43)(H,45,46). The number of halogens is 4. The van der Waals surface area contributed by atoms with E-state index in [-0.39, 0.29) is 59.8 Å². The van der Waals surface area contributed by atoms with E-state index in [0.717, 1.165) is 18.2 Å². The second-order valence-corrected chi connectivity index (χ2v) is 13.6. The zero-order chi connectivity index (χ0) is 37.7. The maximum absolute atomic E-state index is 14.2. The van der Waals surface area contributed by atoms with E-state index in [4.69, 9.17) is 32.7 Å². The molecule has 0 aromatic heterocycles. The third kappa shape index (κ3) is 12.1. The molecule has 3 aromatic rings. The van der Waals surface area contributed by atoms with E-state index in [1.165, 1.54) is 23.1 Å². The first-order valence-corrected chi connectivity index (χ1v) is 18.2. The minimum Gasteiger partial charge on any atom is -0.465 e. The smallest absolute Gasteiger partial charge is 0.408 e. The summed E-state index contributed by atoms with van der Waals surface area (Å²) < 4.78 is 68.1. The van der Waals surface area contributed by atoms with Crippen molar-refractivity contribution in [3.05, 3.63) is 99.5 Å². The van der Waals surface area contributed by atoms with Crippen LogP contribution in [0.15, 0.2) is 71.6 Å². The predicted molar refractivity (Wildman–Crippen MR) is 187 cm³/mol. The van der Waals surface area contributed by atoms with E-state index >= 15 is 0 Å². The van der Waals surface area contributed by atoms with Gasteiger partial charge in [0, 0.05) is 44.3 Å². The summed E-state index contributed by atoms with van der Waals surface area (Å²) in [6.07, 6.45) is -2.73. The predicted octanol–water partition coefficient (Wildman–Crippen LogP) is 5.07. The molecular weight excluding hydrogens is 733 g/mol. The SMILES string of the molecule is CCOC(CN(CC)C(=O)C(Cc1ccc(F)c(F)c1)NC(=O)C(CNS(=O)(=O)c1ccc(Cl)cc1Cl)N(Cc1ccccc1)C(=O)O)OCC. The second-order valence-electron chi connectivity index (χ2n) is 11.1. The van der Waals surface area contributed by atoms with Crippen LogP contribution < -0.4 is 10.0 Å². The number of sulfonamides is 1. The van der Waals surface area contributed by atoms with Crippen LogP contribution in [0.3, 0.4) is 0 Å². The lowest BCUT2D eigenvalue weighted by molar-refractivity contribution is -0.160. The quantitative estimate of drug-likeness (QED) is 0.143. The van der Waals surface area contributed by atoms with Crippen LogP contribution >= 0.6 is 23.2 Å². The van der Waals surface area contributed by atoms with Crippen LogP contribution in [0.4, 0.5) is 13.6 Å². The third-order valence-electron chi connectivity index (χ3n) is 7.58. The fourth-order valence-electron chi connectivity index (χ4n) is 5.07. The Morgan fingerprint density at radius 2 is 1.57 bits per heavy atom. The number of hydrogen-bond donors (Lipinski definition) is 3. The molecule has 2 unspecified atom stereocenters. The molecule has 0 aliphatic carbocycles. The van der Waals surface area contributed by atoms with Crippen LogP contribution in [0.1, 0.15) is 31.9 Å². The molecule has 278 valence electrons. The normalized spacial score (nSPS) is 12.7. The monoisotopic (exact) mass is 772 g/mol. The number of amides is 3. The van der Waals surface area contributed by atoms with Gasteiger partial charge in [-0.1, -0.05) is 59.6 Å². The number of nitrogens with one attached hydrogen (secondary N) is 2. The number of benzene rings is 3. The Morgan fingerprint density at radius 1 is 0.902 bits per heavy atom. The Balaban J connectivity index is 2.04. The molecule has 3 amide bonds. The Kier molecular flexibility index (Phi) is 16.0. The lowest BCUT2D eigenvalue weighted by atomic mass is 10.0. The van der Waals surface area contributed by atoms with E-state index in [1.54, 1.807) is 51.1 Å². The zero-order valence-electron chi connectivity index (χ0n) is 28.2. The molecule has 0 saturated heterocycles. The number of hydrogen-bond acceptors (Lipinski definition) is 7. The van der Waals surface area contributed by atoms with Gasteiger partial charge in [0.25, 0.3) is 0 Å². The molecule has 0 radical (unpaired) electrons. The Morgan fingerprint density at radius 3 is 2.14 bits per heavy atom. The van der Waals surface area contributed by atoms with Crippen LogP contribution in [0.25, 0.3) is 0 Å². The van der Waals surface area contributed by atoms with Crippen molar-refractivity contribution in [2.75, 3.05) is 32.8 Å². The van der Waals surface area contributed by atoms with Gasteiger partial charge in [-0.2, -0.15) is 0 Å². The van der Waals surface area contributed by atoms with Crippen molar-refractivity contribution in [3.63, 3.8) is 0 Å². The third-order valence-corrected chi connectivity index (χ3v) is 9.72. The lowest BCUT2D eigenvalue weighted by Crippen LogP contribution is -2.59. The first-order valence-electron chi connectivity index (χ1n) is 15.9. The second kappa shape index (κ2) is 19.7. The number of likely N-dealkylation sites (N-methyl/N-ethyl adjacent to an activating group) is 1. The summed E-state index contributed by atoms with van der Waals surface area (Å²) in [5.41, 5.74) is 0.620. The van der Waals surface area contributed by atoms with Crippen molar-refractivity contribution in [2.45, 2.75) is 57.0 Å². The zero-order valence-corrected chi connectivity index (χ0v) is 30.5. The topological polar surface area (TPSA) is 155 Å². The Bertz CT molecular complexity index is 1750. The van der Waals surface area contributed by atoms with Crippen molar-refractivity contribution < 1.29 is 46.2 Å². The van der Waals surface area contributed by atoms with E-state index in [2.05, 4.69) is 10.0 Å². The van der Waals surface area contributed by atoms with Gasteiger partial charge >= 0.3 is 6.09 Å². The van der Waals surface area contributed by atoms with Crippen molar-refractivity contribution >= 4 is 51.1 Å². The van der Waals surface area contributed by atoms with Crippen molar-refractivity contribution in [1.29, 1.82) is 0 Å². The van der Waals surface area contributed by atoms with Gasteiger partial charge in [0.2, 0.25) is 21.8 Å². The number of carbonyl (C=O) groups is 3. The maximum Gasteiger partial charge on any atom is 0.408 e. The largest absolute Gasteiger partial charge is 0.465 e. The van der Waals surface area contributed by atoms with Gasteiger partial charge in [0.05, 0.1) is 11.6 Å².